The summed E-state index contributed by atoms with van der Waals surface area (Å²) >= 11 is 0. The Labute approximate surface area is 137 Å². The molecule has 0 bridgehead atoms. The lowest BCUT2D eigenvalue weighted by Crippen LogP contribution is -1.92. The number of hydrogen-bond acceptors (Lipinski definition) is 1. The van der Waals surface area contributed by atoms with Crippen molar-refractivity contribution in [3.8, 4) is 0 Å². The van der Waals surface area contributed by atoms with Gasteiger partial charge in [-0.05, 0) is 44.9 Å². The molecule has 0 saturated heterocycles. The smallest absolute Gasteiger partial charge is 0.303 e. The molecule has 0 aromatic rings. The molecule has 0 aliphatic heterocycles. The first-order valence-corrected chi connectivity index (χ1v) is 8.95. The fourth-order valence-electron chi connectivity index (χ4n) is 2.24. The van der Waals surface area contributed by atoms with E-state index >= 15 is 0 Å². The van der Waals surface area contributed by atoms with Crippen molar-refractivity contribution in [2.75, 3.05) is 0 Å². The average molecular weight is 306 g/mol. The van der Waals surface area contributed by atoms with Crippen molar-refractivity contribution < 1.29 is 9.90 Å². The Bertz CT molecular complexity index is 327. The van der Waals surface area contributed by atoms with Crippen molar-refractivity contribution in [1.82, 2.24) is 0 Å². The molecule has 0 saturated carbocycles. The fourth-order valence-corrected chi connectivity index (χ4v) is 2.24. The Balaban J connectivity index is 3.21. The predicted molar refractivity (Wildman–Crippen MR) is 96.1 cm³/mol. The Morgan fingerprint density at radius 2 is 1.23 bits per heavy atom. The second-order valence-corrected chi connectivity index (χ2v) is 5.72. The second-order valence-electron chi connectivity index (χ2n) is 5.72. The highest BCUT2D eigenvalue weighted by Crippen LogP contribution is 2.09. The van der Waals surface area contributed by atoms with E-state index in [1.807, 2.05) is 12.2 Å². The maximum atomic E-state index is 10.3. The van der Waals surface area contributed by atoms with Crippen LogP contribution in [0.3, 0.4) is 0 Å². The van der Waals surface area contributed by atoms with E-state index < -0.39 is 5.97 Å². The first-order chi connectivity index (χ1) is 10.8. The summed E-state index contributed by atoms with van der Waals surface area (Å²) in [7, 11) is 0. The molecule has 1 N–H and O–H groups in total. The molecule has 2 heteroatoms. The van der Waals surface area contributed by atoms with E-state index in [9.17, 15) is 4.79 Å². The molecule has 0 atom stereocenters. The highest BCUT2D eigenvalue weighted by atomic mass is 16.4. The van der Waals surface area contributed by atoms with Gasteiger partial charge in [-0.1, -0.05) is 69.1 Å². The number of unbranched alkanes of at least 4 members (excludes halogenated alkanes) is 8. The van der Waals surface area contributed by atoms with Crippen LogP contribution < -0.4 is 0 Å². The molecule has 0 amide bonds. The maximum Gasteiger partial charge on any atom is 0.303 e. The van der Waals surface area contributed by atoms with Crippen molar-refractivity contribution in [3.05, 3.63) is 36.5 Å². The van der Waals surface area contributed by atoms with Gasteiger partial charge in [0, 0.05) is 6.42 Å². The lowest BCUT2D eigenvalue weighted by Gasteiger charge is -1.99. The van der Waals surface area contributed by atoms with Crippen LogP contribution >= 0.6 is 0 Å². The summed E-state index contributed by atoms with van der Waals surface area (Å²) in [6, 6.07) is 0. The first kappa shape index (κ1) is 20.7. The molecule has 0 heterocycles. The van der Waals surface area contributed by atoms with Crippen LogP contribution in [0.15, 0.2) is 36.5 Å². The Morgan fingerprint density at radius 3 is 1.77 bits per heavy atom. The number of aliphatic carboxylic acids is 1. The van der Waals surface area contributed by atoms with Gasteiger partial charge in [0.05, 0.1) is 0 Å². The summed E-state index contributed by atoms with van der Waals surface area (Å²) in [4.78, 5) is 10.3. The van der Waals surface area contributed by atoms with Crippen LogP contribution in [-0.4, -0.2) is 11.1 Å². The molecule has 126 valence electrons. The fraction of sp³-hybridized carbons (Fsp3) is 0.650. The molecule has 2 nitrogen and oxygen atoms in total. The van der Waals surface area contributed by atoms with Gasteiger partial charge >= 0.3 is 5.97 Å². The molecule has 22 heavy (non-hydrogen) atoms. The number of hydrogen-bond donors (Lipinski definition) is 1. The van der Waals surface area contributed by atoms with Gasteiger partial charge in [0.2, 0.25) is 0 Å². The third-order valence-electron chi connectivity index (χ3n) is 3.54. The minimum atomic E-state index is -0.707. The van der Waals surface area contributed by atoms with Crippen LogP contribution in [0.5, 0.6) is 0 Å². The SMILES string of the molecule is CCC=CCCCCCCCCC=CC=CCCCC(=O)O. The summed E-state index contributed by atoms with van der Waals surface area (Å²) in [5.74, 6) is -0.707. The molecular formula is C20H34O2. The number of rotatable bonds is 15. The molecule has 0 aromatic heterocycles. The predicted octanol–water partition coefficient (Wildman–Crippen LogP) is 6.44. The van der Waals surface area contributed by atoms with Crippen LogP contribution in [-0.2, 0) is 4.79 Å². The third kappa shape index (κ3) is 18.7. The van der Waals surface area contributed by atoms with E-state index in [-0.39, 0.29) is 6.42 Å². The first-order valence-electron chi connectivity index (χ1n) is 8.95. The van der Waals surface area contributed by atoms with Crippen molar-refractivity contribution in [3.63, 3.8) is 0 Å². The van der Waals surface area contributed by atoms with Crippen LogP contribution in [0, 0.1) is 0 Å². The number of carboxylic acids is 1. The summed E-state index contributed by atoms with van der Waals surface area (Å²) in [5.41, 5.74) is 0. The number of allylic oxidation sites excluding steroid dienone is 6. The Morgan fingerprint density at radius 1 is 0.727 bits per heavy atom. The van der Waals surface area contributed by atoms with Gasteiger partial charge < -0.3 is 5.11 Å². The van der Waals surface area contributed by atoms with Crippen molar-refractivity contribution >= 4 is 5.97 Å². The monoisotopic (exact) mass is 306 g/mol. The van der Waals surface area contributed by atoms with Crippen LogP contribution in [0.4, 0.5) is 0 Å². The maximum absolute atomic E-state index is 10.3. The zero-order valence-electron chi connectivity index (χ0n) is 14.3. The minimum absolute atomic E-state index is 0.267. The van der Waals surface area contributed by atoms with E-state index in [0.717, 1.165) is 25.7 Å². The summed E-state index contributed by atoms with van der Waals surface area (Å²) < 4.78 is 0. The van der Waals surface area contributed by atoms with Gasteiger partial charge in [0.15, 0.2) is 0 Å². The highest BCUT2D eigenvalue weighted by Gasteiger charge is 1.92. The molecule has 0 rings (SSSR count). The molecule has 0 aliphatic carbocycles. The number of carbonyl (C=O) groups is 1. The minimum Gasteiger partial charge on any atom is -0.481 e. The van der Waals surface area contributed by atoms with Crippen LogP contribution in [0.25, 0.3) is 0 Å². The molecule has 0 spiro atoms. The van der Waals surface area contributed by atoms with Crippen LogP contribution in [0.1, 0.15) is 84.0 Å². The summed E-state index contributed by atoms with van der Waals surface area (Å²) in [5, 5.41) is 8.50. The zero-order valence-corrected chi connectivity index (χ0v) is 14.3. The molecule has 0 fully saturated rings. The van der Waals surface area contributed by atoms with E-state index in [2.05, 4.69) is 31.2 Å². The highest BCUT2D eigenvalue weighted by molar-refractivity contribution is 5.66. The lowest BCUT2D eigenvalue weighted by atomic mass is 10.1. The normalized spacial score (nSPS) is 12.0. The Hall–Kier alpha value is -1.31. The molecular weight excluding hydrogens is 272 g/mol. The van der Waals surface area contributed by atoms with Gasteiger partial charge in [-0.25, -0.2) is 0 Å². The standard InChI is InChI=1S/C20H34O2/c1-2-3-4-5-6-7-8-9-10-11-12-13-14-15-16-17-18-19-20(21)22/h3-4,13-16H,2,5-12,17-19H2,1H3,(H,21,22). The van der Waals surface area contributed by atoms with Gasteiger partial charge in [-0.2, -0.15) is 0 Å². The second kappa shape index (κ2) is 17.7. The molecule has 0 unspecified atom stereocenters. The molecule has 0 aromatic carbocycles. The number of carboxylic acid groups (broad SMARTS) is 1. The summed E-state index contributed by atoms with van der Waals surface area (Å²) in [6.45, 7) is 2.18. The average Bonchev–Trinajstić information content (AvgIpc) is 2.50. The molecule has 0 aliphatic rings. The van der Waals surface area contributed by atoms with Crippen molar-refractivity contribution in [2.45, 2.75) is 84.0 Å². The van der Waals surface area contributed by atoms with Gasteiger partial charge in [0.25, 0.3) is 0 Å². The lowest BCUT2D eigenvalue weighted by molar-refractivity contribution is -0.137. The van der Waals surface area contributed by atoms with Crippen LogP contribution in [0.2, 0.25) is 0 Å². The third-order valence-corrected chi connectivity index (χ3v) is 3.54. The van der Waals surface area contributed by atoms with Gasteiger partial charge in [0.1, 0.15) is 0 Å². The quantitative estimate of drug-likeness (QED) is 0.215. The summed E-state index contributed by atoms with van der Waals surface area (Å²) in [6.07, 6.45) is 26.4. The van der Waals surface area contributed by atoms with E-state index in [0.29, 0.717) is 0 Å². The van der Waals surface area contributed by atoms with E-state index in [1.54, 1.807) is 0 Å². The largest absolute Gasteiger partial charge is 0.481 e. The van der Waals surface area contributed by atoms with E-state index in [1.165, 1.54) is 44.9 Å². The van der Waals surface area contributed by atoms with E-state index in [4.69, 9.17) is 5.11 Å². The topological polar surface area (TPSA) is 37.3 Å². The Kier molecular flexibility index (Phi) is 16.7. The van der Waals surface area contributed by atoms with Gasteiger partial charge in [-0.15, -0.1) is 0 Å². The van der Waals surface area contributed by atoms with Gasteiger partial charge in [-0.3, -0.25) is 4.79 Å². The molecule has 0 radical (unpaired) electrons. The zero-order chi connectivity index (χ0) is 16.3. The van der Waals surface area contributed by atoms with Crippen molar-refractivity contribution in [1.29, 1.82) is 0 Å². The van der Waals surface area contributed by atoms with Crippen molar-refractivity contribution in [2.24, 2.45) is 0 Å².